The number of carbonyl (C=O) groups excluding carboxylic acids is 1. The Balaban J connectivity index is 2.36. The number of hydrogen-bond acceptors (Lipinski definition) is 4. The normalized spacial score (nSPS) is 22.4. The number of halogens is 5. The van der Waals surface area contributed by atoms with Gasteiger partial charge in [-0.3, -0.25) is 0 Å². The molecule has 2 rings (SSSR count). The van der Waals surface area contributed by atoms with E-state index in [0.29, 0.717) is 0 Å². The number of amides is 1. The van der Waals surface area contributed by atoms with Gasteiger partial charge < -0.3 is 9.64 Å². The molecule has 1 aromatic rings. The van der Waals surface area contributed by atoms with Gasteiger partial charge in [-0.1, -0.05) is 12.1 Å². The lowest BCUT2D eigenvalue weighted by Crippen LogP contribution is -2.51. The second kappa shape index (κ2) is 8.38. The van der Waals surface area contributed by atoms with Crippen molar-refractivity contribution in [3.8, 4) is 0 Å². The third-order valence-corrected chi connectivity index (χ3v) is 6.18. The maximum absolute atomic E-state index is 14.4. The number of ether oxygens (including phenoxy) is 1. The lowest BCUT2D eigenvalue weighted by atomic mass is 10.0. The minimum Gasteiger partial charge on any atom is -0.444 e. The van der Waals surface area contributed by atoms with E-state index in [2.05, 4.69) is 15.9 Å². The molecule has 1 aliphatic rings. The van der Waals surface area contributed by atoms with Crippen molar-refractivity contribution >= 4 is 31.9 Å². The Hall–Kier alpha value is -1.40. The fourth-order valence-electron chi connectivity index (χ4n) is 3.00. The molecular weight excluding hydrogens is 482 g/mol. The molecular formula is C17H22BrF4N3O3S. The Labute approximate surface area is 175 Å². The van der Waals surface area contributed by atoms with Crippen LogP contribution in [0.1, 0.15) is 32.8 Å². The summed E-state index contributed by atoms with van der Waals surface area (Å²) in [4.78, 5) is 13.7. The standard InChI is InChI=1S/C17H22BrF4N3O3S/c1-16(2,3)28-15(26)25-8-7-12(24-29(23,27)17(20,21)22)13(25)9-10-5-4-6-11(18)14(10)19/h4-6,12-13H,7-9H2,1-3H3,(H2,23,24,27)/t12-,13-,29?/m0/s1. The summed E-state index contributed by atoms with van der Waals surface area (Å²) in [5.74, 6) is -0.607. The Morgan fingerprint density at radius 2 is 2.00 bits per heavy atom. The maximum atomic E-state index is 14.4. The van der Waals surface area contributed by atoms with E-state index in [9.17, 15) is 26.6 Å². The first-order valence-corrected chi connectivity index (χ1v) is 11.0. The lowest BCUT2D eigenvalue weighted by Gasteiger charge is -2.31. The van der Waals surface area contributed by atoms with Crippen LogP contribution in [-0.2, 0) is 21.1 Å². The summed E-state index contributed by atoms with van der Waals surface area (Å²) in [5.41, 5.74) is -5.96. The van der Waals surface area contributed by atoms with Gasteiger partial charge in [-0.2, -0.15) is 13.2 Å². The van der Waals surface area contributed by atoms with Crippen LogP contribution in [0, 0.1) is 10.6 Å². The Bertz CT molecular complexity index is 872. The molecule has 0 aliphatic carbocycles. The van der Waals surface area contributed by atoms with Crippen LogP contribution in [0.15, 0.2) is 22.7 Å². The number of benzene rings is 1. The van der Waals surface area contributed by atoms with E-state index in [1.165, 1.54) is 17.0 Å². The monoisotopic (exact) mass is 503 g/mol. The molecule has 0 spiro atoms. The lowest BCUT2D eigenvalue weighted by molar-refractivity contribution is -0.0421. The molecule has 1 fully saturated rings. The number of likely N-dealkylation sites (tertiary alicyclic amines) is 1. The molecule has 164 valence electrons. The summed E-state index contributed by atoms with van der Waals surface area (Å²) < 4.78 is 79.5. The van der Waals surface area contributed by atoms with Gasteiger partial charge in [-0.25, -0.2) is 22.9 Å². The third kappa shape index (κ3) is 5.82. The van der Waals surface area contributed by atoms with Gasteiger partial charge >= 0.3 is 11.6 Å². The number of nitrogens with one attached hydrogen (secondary N) is 2. The molecule has 3 atom stereocenters. The van der Waals surface area contributed by atoms with Crippen molar-refractivity contribution < 1.29 is 31.3 Å². The molecule has 1 saturated heterocycles. The highest BCUT2D eigenvalue weighted by Crippen LogP contribution is 2.30. The third-order valence-electron chi connectivity index (χ3n) is 4.28. The zero-order valence-corrected chi connectivity index (χ0v) is 18.4. The fraction of sp³-hybridized carbons (Fsp3) is 0.588. The topological polar surface area (TPSA) is 82.5 Å². The van der Waals surface area contributed by atoms with Crippen molar-refractivity contribution in [2.24, 2.45) is 0 Å². The molecule has 0 aromatic heterocycles. The van der Waals surface area contributed by atoms with E-state index in [0.717, 1.165) is 0 Å². The summed E-state index contributed by atoms with van der Waals surface area (Å²) in [6.45, 7) is 4.93. The molecule has 0 bridgehead atoms. The molecule has 0 radical (unpaired) electrons. The van der Waals surface area contributed by atoms with Crippen LogP contribution >= 0.6 is 15.9 Å². The van der Waals surface area contributed by atoms with Crippen molar-refractivity contribution in [2.45, 2.75) is 56.8 Å². The molecule has 2 N–H and O–H groups in total. The predicted molar refractivity (Wildman–Crippen MR) is 103 cm³/mol. The molecule has 1 aliphatic heterocycles. The highest BCUT2D eigenvalue weighted by atomic mass is 79.9. The summed E-state index contributed by atoms with van der Waals surface area (Å²) in [7, 11) is -5.14. The van der Waals surface area contributed by atoms with Gasteiger partial charge in [0.2, 0.25) is 9.92 Å². The van der Waals surface area contributed by atoms with Crippen molar-refractivity contribution in [1.29, 1.82) is 4.78 Å². The van der Waals surface area contributed by atoms with Crippen molar-refractivity contribution in [3.05, 3.63) is 34.1 Å². The van der Waals surface area contributed by atoms with Crippen molar-refractivity contribution in [1.82, 2.24) is 9.62 Å². The van der Waals surface area contributed by atoms with Gasteiger partial charge in [-0.15, -0.1) is 0 Å². The van der Waals surface area contributed by atoms with E-state index in [1.54, 1.807) is 26.8 Å². The van der Waals surface area contributed by atoms with E-state index in [1.807, 2.05) is 4.72 Å². The van der Waals surface area contributed by atoms with Crippen LogP contribution in [0.2, 0.25) is 0 Å². The van der Waals surface area contributed by atoms with E-state index in [-0.39, 0.29) is 29.4 Å². The number of alkyl halides is 3. The quantitative estimate of drug-likeness (QED) is 0.590. The molecule has 6 nitrogen and oxygen atoms in total. The largest absolute Gasteiger partial charge is 0.492 e. The van der Waals surface area contributed by atoms with E-state index >= 15 is 0 Å². The first kappa shape index (κ1) is 23.9. The van der Waals surface area contributed by atoms with Crippen LogP contribution < -0.4 is 4.72 Å². The second-order valence-electron chi connectivity index (χ2n) is 7.67. The van der Waals surface area contributed by atoms with Crippen molar-refractivity contribution in [3.63, 3.8) is 0 Å². The zero-order chi connectivity index (χ0) is 22.2. The van der Waals surface area contributed by atoms with Gasteiger partial charge in [0.1, 0.15) is 11.4 Å². The van der Waals surface area contributed by atoms with Gasteiger partial charge in [-0.05, 0) is 61.2 Å². The molecule has 1 amide bonds. The van der Waals surface area contributed by atoms with Crippen LogP contribution in [0.5, 0.6) is 0 Å². The van der Waals surface area contributed by atoms with Gasteiger partial charge in [0, 0.05) is 12.6 Å². The van der Waals surface area contributed by atoms with Crippen LogP contribution in [-0.4, -0.2) is 44.9 Å². The summed E-state index contributed by atoms with van der Waals surface area (Å²) in [6, 6.07) is 2.36. The Morgan fingerprint density at radius 1 is 1.38 bits per heavy atom. The van der Waals surface area contributed by atoms with E-state index in [4.69, 9.17) is 9.52 Å². The predicted octanol–water partition coefficient (Wildman–Crippen LogP) is 4.58. The summed E-state index contributed by atoms with van der Waals surface area (Å²) in [6.07, 6.45) is -0.910. The molecule has 1 heterocycles. The molecule has 1 aromatic carbocycles. The summed E-state index contributed by atoms with van der Waals surface area (Å²) in [5, 5.41) is 0. The van der Waals surface area contributed by atoms with Gasteiger partial charge in [0.05, 0.1) is 10.5 Å². The molecule has 1 unspecified atom stereocenters. The Kier molecular flexibility index (Phi) is 6.90. The number of hydrogen-bond donors (Lipinski definition) is 2. The average molecular weight is 504 g/mol. The van der Waals surface area contributed by atoms with Crippen LogP contribution in [0.3, 0.4) is 0 Å². The minimum absolute atomic E-state index is 0.00544. The summed E-state index contributed by atoms with van der Waals surface area (Å²) >= 11 is 3.05. The smallest absolute Gasteiger partial charge is 0.444 e. The molecule has 0 saturated carbocycles. The maximum Gasteiger partial charge on any atom is 0.492 e. The van der Waals surface area contributed by atoms with Crippen LogP contribution in [0.4, 0.5) is 22.4 Å². The zero-order valence-electron chi connectivity index (χ0n) is 16.0. The van der Waals surface area contributed by atoms with Gasteiger partial charge in [0.25, 0.3) is 0 Å². The van der Waals surface area contributed by atoms with Crippen LogP contribution in [0.25, 0.3) is 0 Å². The molecule has 29 heavy (non-hydrogen) atoms. The second-order valence-corrected chi connectivity index (χ2v) is 10.3. The SMILES string of the molecule is CC(C)(C)OC(=O)N1CC[C@H](NS(=N)(=O)C(F)(F)F)[C@@H]1Cc1cccc(Br)c1F. The Morgan fingerprint density at radius 3 is 2.55 bits per heavy atom. The van der Waals surface area contributed by atoms with Crippen molar-refractivity contribution in [2.75, 3.05) is 6.54 Å². The fourth-order valence-corrected chi connectivity index (χ4v) is 4.24. The first-order valence-electron chi connectivity index (χ1n) is 8.67. The average Bonchev–Trinajstić information content (AvgIpc) is 2.91. The highest BCUT2D eigenvalue weighted by Gasteiger charge is 2.47. The first-order chi connectivity index (χ1) is 13.1. The number of nitrogens with zero attached hydrogens (tertiary/aromatic N) is 1. The van der Waals surface area contributed by atoms with Gasteiger partial charge in [0.15, 0.2) is 0 Å². The highest BCUT2D eigenvalue weighted by molar-refractivity contribution is 9.10. The number of carbonyl (C=O) groups is 1. The molecule has 12 heteroatoms. The number of rotatable bonds is 4. The van der Waals surface area contributed by atoms with E-state index < -0.39 is 45.0 Å². The minimum atomic E-state index is -5.28.